The van der Waals surface area contributed by atoms with Crippen LogP contribution in [0.2, 0.25) is 0 Å². The van der Waals surface area contributed by atoms with Gasteiger partial charge in [-0.15, -0.1) is 0 Å². The lowest BCUT2D eigenvalue weighted by Gasteiger charge is -2.36. The number of hydrogen-bond donors (Lipinski definition) is 1. The zero-order chi connectivity index (χ0) is 22.8. The largest absolute Gasteiger partial charge is 0.502 e. The average molecular weight is 445 g/mol. The fraction of sp³-hybridized carbons (Fsp3) is 0. The molecule has 1 fully saturated rings. The van der Waals surface area contributed by atoms with Crippen molar-refractivity contribution < 1.29 is 19.6 Å². The van der Waals surface area contributed by atoms with E-state index in [9.17, 15) is 24.8 Å². The van der Waals surface area contributed by atoms with Gasteiger partial charge >= 0.3 is 5.69 Å². The van der Waals surface area contributed by atoms with E-state index in [0.717, 1.165) is 12.1 Å². The Kier molecular flexibility index (Phi) is 5.48. The van der Waals surface area contributed by atoms with E-state index < -0.39 is 28.2 Å². The van der Waals surface area contributed by atoms with E-state index in [1.54, 1.807) is 60.7 Å². The molecule has 0 aromatic heterocycles. The van der Waals surface area contributed by atoms with Gasteiger partial charge in [0.2, 0.25) is 0 Å². The molecule has 0 atom stereocenters. The number of anilines is 2. The van der Waals surface area contributed by atoms with Crippen LogP contribution in [0.4, 0.5) is 17.1 Å². The second-order valence-corrected chi connectivity index (χ2v) is 7.16. The van der Waals surface area contributed by atoms with Gasteiger partial charge in [-0.05, 0) is 54.2 Å². The summed E-state index contributed by atoms with van der Waals surface area (Å²) in [6.45, 7) is 0. The van der Waals surface area contributed by atoms with Crippen molar-refractivity contribution in [2.24, 2.45) is 0 Å². The predicted molar refractivity (Wildman–Crippen MR) is 123 cm³/mol. The van der Waals surface area contributed by atoms with Crippen LogP contribution in [-0.2, 0) is 9.59 Å². The monoisotopic (exact) mass is 445 g/mol. The van der Waals surface area contributed by atoms with Crippen LogP contribution in [0.25, 0.3) is 6.08 Å². The quantitative estimate of drug-likeness (QED) is 0.214. The van der Waals surface area contributed by atoms with Crippen LogP contribution in [0, 0.1) is 10.1 Å². The molecule has 8 nitrogen and oxygen atoms in total. The standard InChI is InChI=1S/C23H15N3O5S/c27-20-12-11-15(14-19(20)26(30)31)13-18-21(28)24(16-7-3-1-4-8-16)23(32)25(22(18)29)17-9-5-2-6-10-17/h1-14,27H. The maximum atomic E-state index is 13.4. The topological polar surface area (TPSA) is 104 Å². The van der Waals surface area contributed by atoms with Crippen molar-refractivity contribution in [2.75, 3.05) is 9.80 Å². The summed E-state index contributed by atoms with van der Waals surface area (Å²) in [5.41, 5.74) is 0.383. The van der Waals surface area contributed by atoms with Gasteiger partial charge in [0.1, 0.15) is 5.57 Å². The number of phenols is 1. The molecule has 1 N–H and O–H groups in total. The highest BCUT2D eigenvalue weighted by molar-refractivity contribution is 7.81. The molecule has 1 aliphatic rings. The molecule has 158 valence electrons. The number of rotatable bonds is 4. The number of nitro groups is 1. The first-order chi connectivity index (χ1) is 15.4. The minimum absolute atomic E-state index is 0.00811. The molecule has 1 saturated heterocycles. The third-order valence-corrected chi connectivity index (χ3v) is 5.15. The molecule has 0 spiro atoms. The number of para-hydroxylation sites is 2. The van der Waals surface area contributed by atoms with Gasteiger partial charge < -0.3 is 5.11 Å². The molecule has 0 aliphatic carbocycles. The van der Waals surface area contributed by atoms with Crippen LogP contribution >= 0.6 is 12.2 Å². The number of aromatic hydroxyl groups is 1. The fourth-order valence-corrected chi connectivity index (χ4v) is 3.66. The van der Waals surface area contributed by atoms with E-state index in [4.69, 9.17) is 12.2 Å². The molecule has 0 radical (unpaired) electrons. The summed E-state index contributed by atoms with van der Waals surface area (Å²) in [5, 5.41) is 20.9. The van der Waals surface area contributed by atoms with Gasteiger partial charge in [-0.3, -0.25) is 29.5 Å². The molecule has 1 aliphatic heterocycles. The Balaban J connectivity index is 1.87. The number of thiocarbonyl (C=S) groups is 1. The zero-order valence-corrected chi connectivity index (χ0v) is 17.2. The first kappa shape index (κ1) is 20.9. The number of carbonyl (C=O) groups is 2. The Morgan fingerprint density at radius 3 is 1.81 bits per heavy atom. The highest BCUT2D eigenvalue weighted by atomic mass is 32.1. The molecular formula is C23H15N3O5S. The van der Waals surface area contributed by atoms with E-state index in [-0.39, 0.29) is 16.2 Å². The first-order valence-corrected chi connectivity index (χ1v) is 9.81. The summed E-state index contributed by atoms with van der Waals surface area (Å²) in [4.78, 5) is 39.6. The SMILES string of the molecule is O=C1C(=Cc2ccc(O)c([N+](=O)[O-])c2)C(=O)N(c2ccccc2)C(=S)N1c1ccccc1. The molecule has 1 heterocycles. The normalized spacial score (nSPS) is 14.0. The van der Waals surface area contributed by atoms with E-state index in [2.05, 4.69) is 0 Å². The molecular weight excluding hydrogens is 430 g/mol. The van der Waals surface area contributed by atoms with Crippen LogP contribution in [0.1, 0.15) is 5.56 Å². The lowest BCUT2D eigenvalue weighted by molar-refractivity contribution is -0.385. The van der Waals surface area contributed by atoms with Gasteiger partial charge in [-0.25, -0.2) is 0 Å². The summed E-state index contributed by atoms with van der Waals surface area (Å²) in [6, 6.07) is 20.9. The highest BCUT2D eigenvalue weighted by Crippen LogP contribution is 2.31. The molecule has 2 amide bonds. The van der Waals surface area contributed by atoms with Gasteiger partial charge in [0.25, 0.3) is 11.8 Å². The van der Waals surface area contributed by atoms with Crippen LogP contribution < -0.4 is 9.80 Å². The maximum absolute atomic E-state index is 13.4. The van der Waals surface area contributed by atoms with E-state index >= 15 is 0 Å². The van der Waals surface area contributed by atoms with Crippen molar-refractivity contribution in [1.82, 2.24) is 0 Å². The number of nitrogens with zero attached hydrogens (tertiary/aromatic N) is 3. The van der Waals surface area contributed by atoms with Crippen molar-refractivity contribution in [3.05, 3.63) is 100 Å². The first-order valence-electron chi connectivity index (χ1n) is 9.40. The van der Waals surface area contributed by atoms with Gasteiger partial charge in [0.15, 0.2) is 10.9 Å². The summed E-state index contributed by atoms with van der Waals surface area (Å²) < 4.78 is 0. The third-order valence-electron chi connectivity index (χ3n) is 4.79. The minimum Gasteiger partial charge on any atom is -0.502 e. The smallest absolute Gasteiger partial charge is 0.311 e. The Hall–Kier alpha value is -4.37. The number of carbonyl (C=O) groups excluding carboxylic acids is 2. The third kappa shape index (κ3) is 3.72. The van der Waals surface area contributed by atoms with E-state index in [1.165, 1.54) is 21.9 Å². The second kappa shape index (κ2) is 8.40. The van der Waals surface area contributed by atoms with E-state index in [0.29, 0.717) is 11.4 Å². The maximum Gasteiger partial charge on any atom is 0.311 e. The summed E-state index contributed by atoms with van der Waals surface area (Å²) in [7, 11) is 0. The van der Waals surface area contributed by atoms with Crippen molar-refractivity contribution in [1.29, 1.82) is 0 Å². The Labute approximate surface area is 187 Å². The molecule has 32 heavy (non-hydrogen) atoms. The number of hydrogen-bond acceptors (Lipinski definition) is 6. The molecule has 0 saturated carbocycles. The Morgan fingerprint density at radius 1 is 0.844 bits per heavy atom. The van der Waals surface area contributed by atoms with Crippen molar-refractivity contribution >= 4 is 52.3 Å². The van der Waals surface area contributed by atoms with Crippen molar-refractivity contribution in [3.63, 3.8) is 0 Å². The molecule has 0 unspecified atom stereocenters. The minimum atomic E-state index is -0.747. The number of benzene rings is 3. The van der Waals surface area contributed by atoms with Crippen LogP contribution in [0.3, 0.4) is 0 Å². The van der Waals surface area contributed by atoms with Crippen molar-refractivity contribution in [2.45, 2.75) is 0 Å². The lowest BCUT2D eigenvalue weighted by Crippen LogP contribution is -2.56. The lowest BCUT2D eigenvalue weighted by atomic mass is 10.0. The number of amides is 2. The molecule has 3 aromatic carbocycles. The van der Waals surface area contributed by atoms with Gasteiger partial charge in [0, 0.05) is 6.07 Å². The predicted octanol–water partition coefficient (Wildman–Crippen LogP) is 4.05. The van der Waals surface area contributed by atoms with Crippen LogP contribution in [-0.4, -0.2) is 27.0 Å². The zero-order valence-electron chi connectivity index (χ0n) is 16.4. The summed E-state index contributed by atoms with van der Waals surface area (Å²) >= 11 is 5.52. The van der Waals surface area contributed by atoms with Gasteiger partial charge in [0.05, 0.1) is 16.3 Å². The number of nitro benzene ring substituents is 1. The summed E-state index contributed by atoms with van der Waals surface area (Å²) in [5.74, 6) is -1.83. The van der Waals surface area contributed by atoms with Crippen LogP contribution in [0.5, 0.6) is 5.75 Å². The van der Waals surface area contributed by atoms with Gasteiger partial charge in [-0.2, -0.15) is 0 Å². The van der Waals surface area contributed by atoms with Crippen LogP contribution in [0.15, 0.2) is 84.4 Å². The Bertz CT molecular complexity index is 1210. The molecule has 3 aromatic rings. The molecule has 0 bridgehead atoms. The average Bonchev–Trinajstić information content (AvgIpc) is 2.79. The number of phenolic OH excluding ortho intramolecular Hbond substituents is 1. The molecule has 4 rings (SSSR count). The van der Waals surface area contributed by atoms with Gasteiger partial charge in [-0.1, -0.05) is 42.5 Å². The molecule has 9 heteroatoms. The highest BCUT2D eigenvalue weighted by Gasteiger charge is 2.41. The second-order valence-electron chi connectivity index (χ2n) is 6.80. The Morgan fingerprint density at radius 2 is 1.34 bits per heavy atom. The van der Waals surface area contributed by atoms with Crippen molar-refractivity contribution in [3.8, 4) is 5.75 Å². The summed E-state index contributed by atoms with van der Waals surface area (Å²) in [6.07, 6.45) is 1.25. The fourth-order valence-electron chi connectivity index (χ4n) is 3.28. The van der Waals surface area contributed by atoms with E-state index in [1.807, 2.05) is 0 Å².